The summed E-state index contributed by atoms with van der Waals surface area (Å²) < 4.78 is 9.04. The molecule has 3 heterocycles. The normalized spacial score (nSPS) is 13.5. The molecule has 0 N–H and O–H groups in total. The van der Waals surface area contributed by atoms with Crippen LogP contribution in [0.25, 0.3) is 83.3 Å². The highest BCUT2D eigenvalue weighted by Crippen LogP contribution is 2.49. The molecule has 1 aliphatic carbocycles. The lowest BCUT2D eigenvalue weighted by molar-refractivity contribution is 0.654. The second-order valence-corrected chi connectivity index (χ2v) is 13.0. The Hall–Kier alpha value is -6.00. The molecule has 0 saturated heterocycles. The molecular formula is C43H29N3O. The van der Waals surface area contributed by atoms with E-state index >= 15 is 0 Å². The predicted octanol–water partition coefficient (Wildman–Crippen LogP) is 11.1. The van der Waals surface area contributed by atoms with Crippen molar-refractivity contribution in [3.05, 3.63) is 151 Å². The molecule has 0 unspecified atom stereocenters. The van der Waals surface area contributed by atoms with E-state index in [4.69, 9.17) is 14.4 Å². The van der Waals surface area contributed by atoms with Crippen molar-refractivity contribution in [2.24, 2.45) is 0 Å². The Bertz CT molecular complexity index is 2700. The summed E-state index contributed by atoms with van der Waals surface area (Å²) in [5.41, 5.74) is 12.9. The lowest BCUT2D eigenvalue weighted by atomic mass is 9.82. The Morgan fingerprint density at radius 2 is 1.26 bits per heavy atom. The van der Waals surface area contributed by atoms with Crippen LogP contribution in [0.1, 0.15) is 25.0 Å². The van der Waals surface area contributed by atoms with Crippen LogP contribution in [0.4, 0.5) is 0 Å². The van der Waals surface area contributed by atoms with Crippen LogP contribution in [0, 0.1) is 0 Å². The first-order valence-corrected chi connectivity index (χ1v) is 16.1. The van der Waals surface area contributed by atoms with Crippen molar-refractivity contribution in [2.75, 3.05) is 0 Å². The Balaban J connectivity index is 1.26. The fourth-order valence-corrected chi connectivity index (χ4v) is 7.77. The van der Waals surface area contributed by atoms with E-state index in [2.05, 4.69) is 122 Å². The van der Waals surface area contributed by atoms with Gasteiger partial charge in [-0.25, -0.2) is 4.98 Å². The van der Waals surface area contributed by atoms with Gasteiger partial charge in [-0.2, -0.15) is 4.98 Å². The molecule has 0 amide bonds. The maximum atomic E-state index is 6.66. The number of para-hydroxylation sites is 1. The maximum absolute atomic E-state index is 6.66. The molecule has 3 aromatic heterocycles. The summed E-state index contributed by atoms with van der Waals surface area (Å²) in [4.78, 5) is 10.1. The van der Waals surface area contributed by atoms with Gasteiger partial charge in [0.2, 0.25) is 5.71 Å². The van der Waals surface area contributed by atoms with Crippen molar-refractivity contribution in [3.8, 4) is 39.5 Å². The molecule has 6 aromatic carbocycles. The minimum absolute atomic E-state index is 0.0876. The van der Waals surface area contributed by atoms with E-state index in [0.29, 0.717) is 11.5 Å². The van der Waals surface area contributed by atoms with E-state index in [0.717, 1.165) is 44.4 Å². The fourth-order valence-electron chi connectivity index (χ4n) is 7.77. The molecule has 4 heteroatoms. The number of fused-ring (bicyclic) bond motifs is 9. The highest BCUT2D eigenvalue weighted by Gasteiger charge is 2.35. The maximum Gasteiger partial charge on any atom is 0.231 e. The van der Waals surface area contributed by atoms with Crippen LogP contribution < -0.4 is 0 Å². The van der Waals surface area contributed by atoms with Gasteiger partial charge in [0.05, 0.1) is 22.1 Å². The summed E-state index contributed by atoms with van der Waals surface area (Å²) in [5.74, 6) is 0.650. The topological polar surface area (TPSA) is 43.9 Å². The Morgan fingerprint density at radius 3 is 2.09 bits per heavy atom. The third kappa shape index (κ3) is 3.70. The summed E-state index contributed by atoms with van der Waals surface area (Å²) in [6, 6.07) is 49.3. The molecule has 0 aliphatic heterocycles. The van der Waals surface area contributed by atoms with Gasteiger partial charge >= 0.3 is 0 Å². The summed E-state index contributed by atoms with van der Waals surface area (Å²) in [5, 5.41) is 4.32. The zero-order valence-electron chi connectivity index (χ0n) is 26.0. The lowest BCUT2D eigenvalue weighted by Gasteiger charge is -2.22. The van der Waals surface area contributed by atoms with Crippen LogP contribution in [-0.4, -0.2) is 14.5 Å². The fraction of sp³-hybridized carbons (Fsp3) is 0.0698. The molecule has 0 radical (unpaired) electrons. The Morgan fingerprint density at radius 1 is 0.553 bits per heavy atom. The number of aromatic nitrogens is 3. The molecule has 1 aliphatic rings. The minimum atomic E-state index is -0.0876. The first-order valence-electron chi connectivity index (χ1n) is 16.1. The van der Waals surface area contributed by atoms with Gasteiger partial charge in [0.15, 0.2) is 5.82 Å². The number of rotatable bonds is 3. The number of hydrogen-bond donors (Lipinski definition) is 0. The van der Waals surface area contributed by atoms with Gasteiger partial charge in [0.25, 0.3) is 0 Å². The Labute approximate surface area is 271 Å². The number of hydrogen-bond acceptors (Lipinski definition) is 3. The van der Waals surface area contributed by atoms with E-state index in [1.807, 2.05) is 36.4 Å². The van der Waals surface area contributed by atoms with Crippen molar-refractivity contribution >= 4 is 43.9 Å². The molecule has 9 aromatic rings. The van der Waals surface area contributed by atoms with Gasteiger partial charge in [-0.05, 0) is 46.5 Å². The number of benzene rings is 6. The molecule has 4 nitrogen and oxygen atoms in total. The smallest absolute Gasteiger partial charge is 0.231 e. The van der Waals surface area contributed by atoms with Crippen molar-refractivity contribution in [1.29, 1.82) is 0 Å². The summed E-state index contributed by atoms with van der Waals surface area (Å²) in [6.07, 6.45) is 0. The largest absolute Gasteiger partial charge is 0.437 e. The third-order valence-electron chi connectivity index (χ3n) is 10.0. The molecule has 10 rings (SSSR count). The molecule has 0 bridgehead atoms. The molecule has 47 heavy (non-hydrogen) atoms. The predicted molar refractivity (Wildman–Crippen MR) is 192 cm³/mol. The Kier molecular flexibility index (Phi) is 5.31. The van der Waals surface area contributed by atoms with Gasteiger partial charge in [0, 0.05) is 44.5 Å². The quantitative estimate of drug-likeness (QED) is 0.202. The third-order valence-corrected chi connectivity index (χ3v) is 10.0. The van der Waals surface area contributed by atoms with E-state index in [1.54, 1.807) is 0 Å². The molecule has 0 atom stereocenters. The molecule has 0 saturated carbocycles. The van der Waals surface area contributed by atoms with Gasteiger partial charge in [-0.1, -0.05) is 123 Å². The molecule has 0 spiro atoms. The first kappa shape index (κ1) is 26.2. The standard InChI is InChI=1S/C43H29N3O/c1-43(2)34-19-11-9-17-29(34)30-22-21-28(23-35(30)43)46-36-20-12-10-18-31(36)32-24-33-38(25-37(32)46)47-42-39(33)40(26-13-5-3-6-14-26)44-41(45-42)27-15-7-4-8-16-27/h3-25H,1-2H3. The zero-order chi connectivity index (χ0) is 31.3. The van der Waals surface area contributed by atoms with Gasteiger partial charge in [-0.3, -0.25) is 0 Å². The number of nitrogens with zero attached hydrogens (tertiary/aromatic N) is 3. The first-order chi connectivity index (χ1) is 23.1. The lowest BCUT2D eigenvalue weighted by Crippen LogP contribution is -2.15. The van der Waals surface area contributed by atoms with E-state index < -0.39 is 0 Å². The van der Waals surface area contributed by atoms with E-state index in [-0.39, 0.29) is 5.41 Å². The van der Waals surface area contributed by atoms with E-state index in [9.17, 15) is 0 Å². The van der Waals surface area contributed by atoms with Crippen LogP contribution in [0.5, 0.6) is 0 Å². The monoisotopic (exact) mass is 603 g/mol. The van der Waals surface area contributed by atoms with Crippen molar-refractivity contribution in [3.63, 3.8) is 0 Å². The summed E-state index contributed by atoms with van der Waals surface area (Å²) >= 11 is 0. The van der Waals surface area contributed by atoms with Crippen molar-refractivity contribution in [1.82, 2.24) is 14.5 Å². The van der Waals surface area contributed by atoms with Crippen LogP contribution in [0.3, 0.4) is 0 Å². The van der Waals surface area contributed by atoms with Crippen LogP contribution in [0.15, 0.2) is 144 Å². The van der Waals surface area contributed by atoms with Gasteiger partial charge < -0.3 is 8.98 Å². The van der Waals surface area contributed by atoms with Crippen LogP contribution in [0.2, 0.25) is 0 Å². The van der Waals surface area contributed by atoms with Crippen LogP contribution >= 0.6 is 0 Å². The molecular weight excluding hydrogens is 574 g/mol. The highest BCUT2D eigenvalue weighted by molar-refractivity contribution is 6.19. The van der Waals surface area contributed by atoms with E-state index in [1.165, 1.54) is 38.5 Å². The molecule has 0 fully saturated rings. The molecule has 222 valence electrons. The van der Waals surface area contributed by atoms with Gasteiger partial charge in [-0.15, -0.1) is 0 Å². The zero-order valence-corrected chi connectivity index (χ0v) is 26.0. The van der Waals surface area contributed by atoms with Crippen molar-refractivity contribution < 1.29 is 4.42 Å². The van der Waals surface area contributed by atoms with Crippen molar-refractivity contribution in [2.45, 2.75) is 19.3 Å². The summed E-state index contributed by atoms with van der Waals surface area (Å²) in [6.45, 7) is 4.67. The van der Waals surface area contributed by atoms with Crippen LogP contribution in [-0.2, 0) is 5.41 Å². The SMILES string of the molecule is CC1(C)c2ccccc2-c2ccc(-n3c4ccccc4c4cc5c(cc43)oc3nc(-c4ccccc4)nc(-c4ccccc4)c35)cc21. The second kappa shape index (κ2) is 9.51. The average molecular weight is 604 g/mol. The average Bonchev–Trinajstić information content (AvgIpc) is 3.72. The van der Waals surface area contributed by atoms with Gasteiger partial charge in [0.1, 0.15) is 5.58 Å². The minimum Gasteiger partial charge on any atom is -0.437 e. The highest BCUT2D eigenvalue weighted by atomic mass is 16.3. The number of furan rings is 1. The second-order valence-electron chi connectivity index (χ2n) is 13.0. The summed E-state index contributed by atoms with van der Waals surface area (Å²) in [7, 11) is 0.